The minimum absolute atomic E-state index is 0.0764. The molecule has 2 rings (SSSR count). The molecular weight excluding hydrogens is 284 g/mol. The molecule has 0 fully saturated rings. The summed E-state index contributed by atoms with van der Waals surface area (Å²) < 4.78 is 6.43. The van der Waals surface area contributed by atoms with Crippen LogP contribution in [0.5, 0.6) is 0 Å². The zero-order valence-electron chi connectivity index (χ0n) is 12.6. The number of ketones is 1. The number of nitrogens with one attached hydrogen (secondary N) is 1. The molecule has 0 amide bonds. The van der Waals surface area contributed by atoms with E-state index >= 15 is 0 Å². The van der Waals surface area contributed by atoms with E-state index in [1.807, 2.05) is 0 Å². The number of H-pyrrole nitrogens is 1. The second kappa shape index (κ2) is 7.00. The summed E-state index contributed by atoms with van der Waals surface area (Å²) in [4.78, 5) is 39.0. The number of aromatic nitrogens is 2. The van der Waals surface area contributed by atoms with Crippen molar-refractivity contribution in [2.45, 2.75) is 27.0 Å². The maximum atomic E-state index is 12.7. The van der Waals surface area contributed by atoms with Crippen molar-refractivity contribution in [3.05, 3.63) is 68.0 Å². The monoisotopic (exact) mass is 302 g/mol. The van der Waals surface area contributed by atoms with Crippen LogP contribution in [0.15, 0.2) is 39.9 Å². The van der Waals surface area contributed by atoms with Crippen LogP contribution < -0.4 is 11.2 Å². The predicted octanol–water partition coefficient (Wildman–Crippen LogP) is 1.32. The van der Waals surface area contributed by atoms with Crippen molar-refractivity contribution >= 4 is 5.78 Å². The summed E-state index contributed by atoms with van der Waals surface area (Å²) in [6.45, 7) is 3.87. The number of carbonyl (C=O) groups is 1. The first-order chi connectivity index (χ1) is 10.6. The van der Waals surface area contributed by atoms with Gasteiger partial charge in [0.25, 0.3) is 5.56 Å². The molecule has 6 nitrogen and oxygen atoms in total. The van der Waals surface area contributed by atoms with Gasteiger partial charge in [-0.05, 0) is 13.3 Å². The van der Waals surface area contributed by atoms with Gasteiger partial charge >= 0.3 is 5.69 Å². The van der Waals surface area contributed by atoms with Gasteiger partial charge in [0.1, 0.15) is 12.4 Å². The van der Waals surface area contributed by atoms with Gasteiger partial charge in [-0.2, -0.15) is 0 Å². The lowest BCUT2D eigenvalue weighted by atomic mass is 10.0. The standard InChI is InChI=1S/C16H18N2O4/c1-3-12-13(14(19)11-8-6-5-7-9-11)18(10-22-4-2)16(21)17-15(12)20/h5-9H,3-4,10H2,1-2H3,(H,17,20,21). The van der Waals surface area contributed by atoms with Crippen molar-refractivity contribution in [1.82, 2.24) is 9.55 Å². The van der Waals surface area contributed by atoms with E-state index in [1.54, 1.807) is 44.2 Å². The topological polar surface area (TPSA) is 81.2 Å². The number of carbonyl (C=O) groups excluding carboxylic acids is 1. The molecule has 0 saturated heterocycles. The Labute approximate surface area is 127 Å². The summed E-state index contributed by atoms with van der Waals surface area (Å²) in [5.74, 6) is -0.361. The number of hydrogen-bond acceptors (Lipinski definition) is 4. The number of ether oxygens (including phenoxy) is 1. The van der Waals surface area contributed by atoms with Gasteiger partial charge < -0.3 is 4.74 Å². The molecule has 0 atom stereocenters. The molecule has 0 aliphatic rings. The van der Waals surface area contributed by atoms with Crippen LogP contribution in [-0.2, 0) is 17.9 Å². The van der Waals surface area contributed by atoms with Crippen LogP contribution >= 0.6 is 0 Å². The van der Waals surface area contributed by atoms with E-state index in [0.717, 1.165) is 0 Å². The van der Waals surface area contributed by atoms with Crippen molar-refractivity contribution in [3.8, 4) is 0 Å². The second-order valence-electron chi connectivity index (χ2n) is 4.69. The number of nitrogens with zero attached hydrogens (tertiary/aromatic N) is 1. The molecule has 116 valence electrons. The Balaban J connectivity index is 2.68. The molecule has 0 radical (unpaired) electrons. The lowest BCUT2D eigenvalue weighted by molar-refractivity contribution is 0.0784. The maximum absolute atomic E-state index is 12.7. The summed E-state index contributed by atoms with van der Waals surface area (Å²) >= 11 is 0. The SMILES string of the molecule is CCOCn1c(C(=O)c2ccccc2)c(CC)c(=O)[nH]c1=O. The van der Waals surface area contributed by atoms with Crippen molar-refractivity contribution in [3.63, 3.8) is 0 Å². The van der Waals surface area contributed by atoms with E-state index in [2.05, 4.69) is 4.98 Å². The number of hydrogen-bond donors (Lipinski definition) is 1. The van der Waals surface area contributed by atoms with Crippen LogP contribution in [0.3, 0.4) is 0 Å². The second-order valence-corrected chi connectivity index (χ2v) is 4.69. The maximum Gasteiger partial charge on any atom is 0.330 e. The first-order valence-electron chi connectivity index (χ1n) is 7.13. The molecule has 1 aromatic heterocycles. The van der Waals surface area contributed by atoms with E-state index < -0.39 is 11.2 Å². The molecule has 0 aliphatic carbocycles. The zero-order valence-corrected chi connectivity index (χ0v) is 12.6. The van der Waals surface area contributed by atoms with Gasteiger partial charge in [-0.25, -0.2) is 4.79 Å². The van der Waals surface area contributed by atoms with Gasteiger partial charge in [0.2, 0.25) is 5.78 Å². The first-order valence-corrected chi connectivity index (χ1v) is 7.13. The Morgan fingerprint density at radius 3 is 2.45 bits per heavy atom. The molecule has 0 spiro atoms. The Bertz CT molecular complexity index is 775. The lowest BCUT2D eigenvalue weighted by Gasteiger charge is -2.14. The van der Waals surface area contributed by atoms with Crippen LogP contribution in [0.2, 0.25) is 0 Å². The molecule has 1 heterocycles. The Hall–Kier alpha value is -2.47. The minimum atomic E-state index is -0.644. The summed E-state index contributed by atoms with van der Waals surface area (Å²) in [7, 11) is 0. The quantitative estimate of drug-likeness (QED) is 0.816. The Morgan fingerprint density at radius 2 is 1.86 bits per heavy atom. The fourth-order valence-corrected chi connectivity index (χ4v) is 2.23. The van der Waals surface area contributed by atoms with Gasteiger partial charge in [0.15, 0.2) is 0 Å². The highest BCUT2D eigenvalue weighted by Gasteiger charge is 2.21. The average Bonchev–Trinajstić information content (AvgIpc) is 2.53. The van der Waals surface area contributed by atoms with Crippen molar-refractivity contribution in [2.24, 2.45) is 0 Å². The molecule has 1 N–H and O–H groups in total. The van der Waals surface area contributed by atoms with Crippen LogP contribution in [-0.4, -0.2) is 21.9 Å². The van der Waals surface area contributed by atoms with Crippen LogP contribution in [0.25, 0.3) is 0 Å². The van der Waals surface area contributed by atoms with Gasteiger partial charge in [-0.3, -0.25) is 19.1 Å². The third-order valence-corrected chi connectivity index (χ3v) is 3.32. The molecular formula is C16H18N2O4. The number of rotatable bonds is 6. The molecule has 22 heavy (non-hydrogen) atoms. The molecule has 1 aromatic carbocycles. The van der Waals surface area contributed by atoms with Crippen LogP contribution in [0.1, 0.15) is 35.5 Å². The molecule has 0 aliphatic heterocycles. The molecule has 0 saturated carbocycles. The molecule has 0 unspecified atom stereocenters. The predicted molar refractivity (Wildman–Crippen MR) is 82.2 cm³/mol. The van der Waals surface area contributed by atoms with Gasteiger partial charge in [0.05, 0.1) is 0 Å². The van der Waals surface area contributed by atoms with E-state index in [-0.39, 0.29) is 23.8 Å². The van der Waals surface area contributed by atoms with Gasteiger partial charge in [-0.1, -0.05) is 37.3 Å². The Kier molecular flexibility index (Phi) is 5.06. The van der Waals surface area contributed by atoms with Crippen LogP contribution in [0.4, 0.5) is 0 Å². The zero-order chi connectivity index (χ0) is 16.1. The third-order valence-electron chi connectivity index (χ3n) is 3.32. The summed E-state index contributed by atoms with van der Waals surface area (Å²) in [6, 6.07) is 8.56. The van der Waals surface area contributed by atoms with Crippen LogP contribution in [0, 0.1) is 0 Å². The van der Waals surface area contributed by atoms with E-state index in [0.29, 0.717) is 18.6 Å². The fourth-order valence-electron chi connectivity index (χ4n) is 2.23. The Morgan fingerprint density at radius 1 is 1.18 bits per heavy atom. The number of benzene rings is 1. The van der Waals surface area contributed by atoms with E-state index in [9.17, 15) is 14.4 Å². The fraction of sp³-hybridized carbons (Fsp3) is 0.312. The minimum Gasteiger partial charge on any atom is -0.361 e. The normalized spacial score (nSPS) is 10.6. The summed E-state index contributed by atoms with van der Waals surface area (Å²) in [5, 5.41) is 0. The highest BCUT2D eigenvalue weighted by Crippen LogP contribution is 2.11. The number of aromatic amines is 1. The highest BCUT2D eigenvalue weighted by molar-refractivity contribution is 6.08. The largest absolute Gasteiger partial charge is 0.361 e. The summed E-state index contributed by atoms with van der Waals surface area (Å²) in [5.41, 5.74) is -0.369. The third kappa shape index (κ3) is 3.07. The average molecular weight is 302 g/mol. The smallest absolute Gasteiger partial charge is 0.330 e. The first kappa shape index (κ1) is 15.9. The van der Waals surface area contributed by atoms with Gasteiger partial charge in [-0.15, -0.1) is 0 Å². The highest BCUT2D eigenvalue weighted by atomic mass is 16.5. The molecule has 0 bridgehead atoms. The van der Waals surface area contributed by atoms with Gasteiger partial charge in [0, 0.05) is 17.7 Å². The van der Waals surface area contributed by atoms with Crippen molar-refractivity contribution in [1.29, 1.82) is 0 Å². The lowest BCUT2D eigenvalue weighted by Crippen LogP contribution is -2.37. The van der Waals surface area contributed by atoms with Crippen molar-refractivity contribution < 1.29 is 9.53 Å². The van der Waals surface area contributed by atoms with E-state index in [4.69, 9.17) is 4.74 Å². The van der Waals surface area contributed by atoms with E-state index in [1.165, 1.54) is 4.57 Å². The van der Waals surface area contributed by atoms with Crippen molar-refractivity contribution in [2.75, 3.05) is 6.61 Å². The molecule has 6 heteroatoms. The summed E-state index contributed by atoms with van der Waals surface area (Å²) in [6.07, 6.45) is 0.343. The molecule has 2 aromatic rings.